The maximum Gasteiger partial charge on any atom is 0.332 e. The fourth-order valence-electron chi connectivity index (χ4n) is 2.27. The number of hydrogen-bond acceptors (Lipinski definition) is 5. The summed E-state index contributed by atoms with van der Waals surface area (Å²) in [5.41, 5.74) is 5.36. The van der Waals surface area contributed by atoms with Gasteiger partial charge in [-0.25, -0.2) is 4.79 Å². The largest absolute Gasteiger partial charge is 0.393 e. The first-order chi connectivity index (χ1) is 8.95. The van der Waals surface area contributed by atoms with Crippen molar-refractivity contribution >= 4 is 11.5 Å². The van der Waals surface area contributed by atoms with Crippen LogP contribution >= 0.6 is 0 Å². The molecule has 106 valence electrons. The zero-order chi connectivity index (χ0) is 14.2. The van der Waals surface area contributed by atoms with E-state index in [1.807, 2.05) is 6.92 Å². The van der Waals surface area contributed by atoms with Gasteiger partial charge in [0.05, 0.1) is 6.10 Å². The molecule has 0 radical (unpaired) electrons. The van der Waals surface area contributed by atoms with Crippen molar-refractivity contribution in [2.24, 2.45) is 7.05 Å². The van der Waals surface area contributed by atoms with E-state index in [-0.39, 0.29) is 23.7 Å². The highest BCUT2D eigenvalue weighted by atomic mass is 16.3. The lowest BCUT2D eigenvalue weighted by atomic mass is 9.89. The summed E-state index contributed by atoms with van der Waals surface area (Å²) in [6.07, 6.45) is 1.62. The molecule has 19 heavy (non-hydrogen) atoms. The molecular formula is C12H20N4O3. The van der Waals surface area contributed by atoms with Crippen LogP contribution in [0.25, 0.3) is 0 Å². The van der Waals surface area contributed by atoms with Crippen molar-refractivity contribution in [2.45, 2.75) is 44.9 Å². The van der Waals surface area contributed by atoms with Crippen molar-refractivity contribution in [3.8, 4) is 0 Å². The van der Waals surface area contributed by atoms with Gasteiger partial charge in [0.1, 0.15) is 11.5 Å². The Hall–Kier alpha value is -1.76. The molecule has 7 heteroatoms. The fraction of sp³-hybridized carbons (Fsp3) is 0.667. The zero-order valence-corrected chi connectivity index (χ0v) is 11.2. The van der Waals surface area contributed by atoms with Gasteiger partial charge in [-0.1, -0.05) is 6.92 Å². The van der Waals surface area contributed by atoms with Gasteiger partial charge in [0.25, 0.3) is 5.56 Å². The minimum absolute atomic E-state index is 0.0394. The van der Waals surface area contributed by atoms with E-state index in [0.29, 0.717) is 19.4 Å². The topological polar surface area (TPSA) is 102 Å². The van der Waals surface area contributed by atoms with Crippen LogP contribution < -0.4 is 22.3 Å². The number of nitrogen functional groups attached to an aromatic ring is 1. The molecule has 1 heterocycles. The summed E-state index contributed by atoms with van der Waals surface area (Å²) in [6.45, 7) is 2.41. The summed E-state index contributed by atoms with van der Waals surface area (Å²) in [4.78, 5) is 24.0. The summed E-state index contributed by atoms with van der Waals surface area (Å²) in [5, 5.41) is 12.3. The second-order valence-electron chi connectivity index (χ2n) is 5.03. The van der Waals surface area contributed by atoms with Crippen LogP contribution in [-0.4, -0.2) is 26.4 Å². The van der Waals surface area contributed by atoms with E-state index in [0.717, 1.165) is 11.0 Å². The minimum Gasteiger partial charge on any atom is -0.393 e. The van der Waals surface area contributed by atoms with Gasteiger partial charge in [-0.05, 0) is 19.3 Å². The predicted molar refractivity (Wildman–Crippen MR) is 73.3 cm³/mol. The average molecular weight is 268 g/mol. The van der Waals surface area contributed by atoms with Gasteiger partial charge in [-0.3, -0.25) is 13.9 Å². The first-order valence-corrected chi connectivity index (χ1v) is 6.49. The Labute approximate surface area is 110 Å². The number of rotatable bonds is 4. The van der Waals surface area contributed by atoms with Gasteiger partial charge < -0.3 is 16.2 Å². The second kappa shape index (κ2) is 5.08. The van der Waals surface area contributed by atoms with Crippen LogP contribution in [0, 0.1) is 0 Å². The Morgan fingerprint density at radius 2 is 2.05 bits per heavy atom. The molecule has 1 aromatic heterocycles. The highest BCUT2D eigenvalue weighted by Gasteiger charge is 2.29. The number of aromatic nitrogens is 2. The third-order valence-electron chi connectivity index (χ3n) is 3.49. The van der Waals surface area contributed by atoms with E-state index in [4.69, 9.17) is 5.73 Å². The van der Waals surface area contributed by atoms with Gasteiger partial charge in [-0.15, -0.1) is 0 Å². The monoisotopic (exact) mass is 268 g/mol. The lowest BCUT2D eigenvalue weighted by Gasteiger charge is -2.33. The summed E-state index contributed by atoms with van der Waals surface area (Å²) in [6, 6.07) is 0.0394. The number of aliphatic hydroxyl groups excluding tert-OH is 1. The molecular weight excluding hydrogens is 248 g/mol. The molecule has 0 saturated heterocycles. The molecule has 0 aliphatic heterocycles. The van der Waals surface area contributed by atoms with Crippen molar-refractivity contribution in [2.75, 3.05) is 11.1 Å². The summed E-state index contributed by atoms with van der Waals surface area (Å²) >= 11 is 0. The second-order valence-corrected chi connectivity index (χ2v) is 5.03. The number of aliphatic hydroxyl groups is 1. The highest BCUT2D eigenvalue weighted by molar-refractivity contribution is 5.61. The van der Waals surface area contributed by atoms with Crippen molar-refractivity contribution < 1.29 is 5.11 Å². The highest BCUT2D eigenvalue weighted by Crippen LogP contribution is 2.24. The molecule has 0 atom stereocenters. The Balaban J connectivity index is 2.42. The molecule has 0 aromatic carbocycles. The van der Waals surface area contributed by atoms with Crippen LogP contribution in [0.15, 0.2) is 9.59 Å². The molecule has 0 spiro atoms. The molecule has 1 fully saturated rings. The van der Waals surface area contributed by atoms with Crippen LogP contribution in [0.2, 0.25) is 0 Å². The number of nitrogens with one attached hydrogen (secondary N) is 1. The van der Waals surface area contributed by atoms with E-state index in [9.17, 15) is 14.7 Å². The maximum atomic E-state index is 12.1. The van der Waals surface area contributed by atoms with Gasteiger partial charge in [0.15, 0.2) is 0 Å². The number of hydrogen-bond donors (Lipinski definition) is 3. The number of nitrogens with two attached hydrogens (primary N) is 1. The number of anilines is 2. The van der Waals surface area contributed by atoms with Crippen LogP contribution in [0.1, 0.15) is 26.2 Å². The molecule has 0 unspecified atom stereocenters. The van der Waals surface area contributed by atoms with Gasteiger partial charge >= 0.3 is 5.69 Å². The zero-order valence-electron chi connectivity index (χ0n) is 11.2. The van der Waals surface area contributed by atoms with E-state index >= 15 is 0 Å². The third-order valence-corrected chi connectivity index (χ3v) is 3.49. The maximum absolute atomic E-state index is 12.1. The van der Waals surface area contributed by atoms with Crippen molar-refractivity contribution in [1.29, 1.82) is 0 Å². The molecule has 7 nitrogen and oxygen atoms in total. The third kappa shape index (κ3) is 2.37. The molecule has 2 rings (SSSR count). The normalized spacial score (nSPS) is 22.1. The van der Waals surface area contributed by atoms with E-state index in [1.54, 1.807) is 0 Å². The van der Waals surface area contributed by atoms with Gasteiger partial charge in [-0.2, -0.15) is 0 Å². The van der Waals surface area contributed by atoms with E-state index < -0.39 is 11.2 Å². The van der Waals surface area contributed by atoms with E-state index in [2.05, 4.69) is 5.32 Å². The minimum atomic E-state index is -0.420. The quantitative estimate of drug-likeness (QED) is 0.681. The van der Waals surface area contributed by atoms with Crippen LogP contribution in [0.5, 0.6) is 0 Å². The standard InChI is InChI=1S/C12H20N4O3/c1-3-4-16-10(13)9(11(18)15(2)12(16)19)14-7-5-8(17)6-7/h7-8,14,17H,3-6,13H2,1-2H3. The molecule has 1 saturated carbocycles. The Morgan fingerprint density at radius 1 is 1.42 bits per heavy atom. The van der Waals surface area contributed by atoms with Crippen molar-refractivity contribution in [1.82, 2.24) is 9.13 Å². The molecule has 0 amide bonds. The first kappa shape index (κ1) is 13.7. The number of nitrogens with zero attached hydrogens (tertiary/aromatic N) is 2. The van der Waals surface area contributed by atoms with E-state index in [1.165, 1.54) is 11.6 Å². The molecule has 1 aliphatic carbocycles. The lowest BCUT2D eigenvalue weighted by Crippen LogP contribution is -2.45. The molecule has 1 aliphatic rings. The summed E-state index contributed by atoms with van der Waals surface area (Å²) in [7, 11) is 1.44. The van der Waals surface area contributed by atoms with Crippen LogP contribution in [0.3, 0.4) is 0 Å². The summed E-state index contributed by atoms with van der Waals surface area (Å²) in [5.74, 6) is 0.177. The molecule has 0 bridgehead atoms. The van der Waals surface area contributed by atoms with Crippen LogP contribution in [-0.2, 0) is 13.6 Å². The smallest absolute Gasteiger partial charge is 0.332 e. The van der Waals surface area contributed by atoms with Gasteiger partial charge in [0.2, 0.25) is 0 Å². The van der Waals surface area contributed by atoms with Crippen molar-refractivity contribution in [3.05, 3.63) is 20.8 Å². The predicted octanol–water partition coefficient (Wildman–Crippen LogP) is -0.526. The van der Waals surface area contributed by atoms with Crippen LogP contribution in [0.4, 0.5) is 11.5 Å². The SMILES string of the molecule is CCCn1c(N)c(NC2CC(O)C2)c(=O)n(C)c1=O. The first-order valence-electron chi connectivity index (χ1n) is 6.49. The Morgan fingerprint density at radius 3 is 2.58 bits per heavy atom. The summed E-state index contributed by atoms with van der Waals surface area (Å²) < 4.78 is 2.46. The fourth-order valence-corrected chi connectivity index (χ4v) is 2.27. The average Bonchev–Trinajstić information content (AvgIpc) is 2.35. The lowest BCUT2D eigenvalue weighted by molar-refractivity contribution is 0.0836. The molecule has 4 N–H and O–H groups in total. The van der Waals surface area contributed by atoms with Gasteiger partial charge in [0, 0.05) is 19.6 Å². The Kier molecular flexibility index (Phi) is 3.66. The molecule has 1 aromatic rings. The van der Waals surface area contributed by atoms with Crippen molar-refractivity contribution in [3.63, 3.8) is 0 Å². The Bertz CT molecular complexity index is 584.